The van der Waals surface area contributed by atoms with Crippen LogP contribution in [0.1, 0.15) is 23.2 Å². The lowest BCUT2D eigenvalue weighted by Gasteiger charge is -2.36. The van der Waals surface area contributed by atoms with Crippen LogP contribution < -0.4 is 10.6 Å². The minimum absolute atomic E-state index is 0.0312. The smallest absolute Gasteiger partial charge is 0.412 e. The Labute approximate surface area is 197 Å². The molecule has 33 heavy (non-hydrogen) atoms. The number of nitrogens with one attached hydrogen (secondary N) is 2. The molecule has 1 aromatic heterocycles. The largest absolute Gasteiger partial charge is 0.481 e. The number of carbonyl (C=O) groups excluding carboxylic acids is 1. The number of aromatic nitrogens is 1. The number of hydrogen-bond acceptors (Lipinski definition) is 3. The highest BCUT2D eigenvalue weighted by molar-refractivity contribution is 6.40. The summed E-state index contributed by atoms with van der Waals surface area (Å²) in [6.45, 7) is -0.0312. The zero-order chi connectivity index (χ0) is 24.2. The number of pyridine rings is 1. The second-order valence-corrected chi connectivity index (χ2v) is 8.32. The summed E-state index contributed by atoms with van der Waals surface area (Å²) in [7, 11) is 0. The van der Waals surface area contributed by atoms with Crippen molar-refractivity contribution >= 4 is 40.8 Å². The van der Waals surface area contributed by atoms with Gasteiger partial charge in [0.2, 0.25) is 0 Å². The molecule has 2 aromatic rings. The van der Waals surface area contributed by atoms with E-state index in [-0.39, 0.29) is 34.8 Å². The zero-order valence-electron chi connectivity index (χ0n) is 16.9. The first-order valence-corrected chi connectivity index (χ1v) is 10.4. The van der Waals surface area contributed by atoms with Gasteiger partial charge in [-0.25, -0.2) is 4.79 Å². The topological polar surface area (TPSA) is 91.3 Å². The first kappa shape index (κ1) is 24.6. The number of amides is 2. The van der Waals surface area contributed by atoms with Crippen molar-refractivity contribution in [3.63, 3.8) is 0 Å². The van der Waals surface area contributed by atoms with Crippen LogP contribution in [0.3, 0.4) is 0 Å². The third kappa shape index (κ3) is 5.85. The molecule has 11 heteroatoms. The van der Waals surface area contributed by atoms with E-state index in [2.05, 4.69) is 15.6 Å². The predicted molar refractivity (Wildman–Crippen MR) is 118 cm³/mol. The molecular formula is C22H18Cl2F3N3O3. The van der Waals surface area contributed by atoms with Crippen LogP contribution >= 0.6 is 23.2 Å². The maximum absolute atomic E-state index is 14.0. The number of allylic oxidation sites excluding steroid dienone is 4. The van der Waals surface area contributed by atoms with E-state index in [4.69, 9.17) is 28.3 Å². The van der Waals surface area contributed by atoms with E-state index in [1.54, 1.807) is 24.3 Å². The summed E-state index contributed by atoms with van der Waals surface area (Å²) in [5.41, 5.74) is 0.768. The third-order valence-electron chi connectivity index (χ3n) is 4.83. The van der Waals surface area contributed by atoms with Crippen molar-refractivity contribution in [2.24, 2.45) is 0 Å². The Hall–Kier alpha value is -3.04. The van der Waals surface area contributed by atoms with E-state index in [0.29, 0.717) is 11.3 Å². The lowest BCUT2D eigenvalue weighted by atomic mass is 9.83. The van der Waals surface area contributed by atoms with Crippen LogP contribution in [0.5, 0.6) is 0 Å². The number of carboxylic acid groups (broad SMARTS) is 1. The SMILES string of the molecule is O=C(O)Cc1ccc(CNC(=O)NC2=CC(Cl)=C(c3ccccc3)C(Cl)(C(F)(F)F)C2)nc1. The van der Waals surface area contributed by atoms with Gasteiger partial charge in [-0.15, -0.1) is 11.6 Å². The van der Waals surface area contributed by atoms with E-state index in [0.717, 1.165) is 0 Å². The van der Waals surface area contributed by atoms with Gasteiger partial charge in [0.15, 0.2) is 4.87 Å². The Morgan fingerprint density at radius 3 is 2.42 bits per heavy atom. The number of carbonyl (C=O) groups is 2. The number of rotatable bonds is 6. The van der Waals surface area contributed by atoms with Crippen LogP contribution in [0.25, 0.3) is 5.57 Å². The number of carboxylic acids is 1. The van der Waals surface area contributed by atoms with Gasteiger partial charge >= 0.3 is 18.2 Å². The van der Waals surface area contributed by atoms with Crippen molar-refractivity contribution in [2.45, 2.75) is 30.4 Å². The van der Waals surface area contributed by atoms with Gasteiger partial charge in [-0.3, -0.25) is 9.78 Å². The van der Waals surface area contributed by atoms with E-state index in [9.17, 15) is 22.8 Å². The maximum Gasteiger partial charge on any atom is 0.412 e. The van der Waals surface area contributed by atoms with E-state index in [1.165, 1.54) is 30.5 Å². The lowest BCUT2D eigenvalue weighted by molar-refractivity contribution is -0.147. The number of urea groups is 1. The van der Waals surface area contributed by atoms with Crippen LogP contribution in [0.15, 0.2) is 65.5 Å². The molecule has 1 aliphatic carbocycles. The minimum Gasteiger partial charge on any atom is -0.481 e. The van der Waals surface area contributed by atoms with Crippen molar-refractivity contribution in [1.29, 1.82) is 0 Å². The van der Waals surface area contributed by atoms with Gasteiger partial charge in [0, 0.05) is 28.9 Å². The molecule has 0 radical (unpaired) electrons. The summed E-state index contributed by atoms with van der Waals surface area (Å²) >= 11 is 12.3. The van der Waals surface area contributed by atoms with Crippen LogP contribution in [0.2, 0.25) is 0 Å². The van der Waals surface area contributed by atoms with E-state index >= 15 is 0 Å². The van der Waals surface area contributed by atoms with Gasteiger partial charge in [-0.05, 0) is 23.3 Å². The highest BCUT2D eigenvalue weighted by Crippen LogP contribution is 2.53. The normalized spacial score (nSPS) is 18.5. The highest BCUT2D eigenvalue weighted by Gasteiger charge is 2.58. The van der Waals surface area contributed by atoms with Crippen molar-refractivity contribution < 1.29 is 27.9 Å². The Kier molecular flexibility index (Phi) is 7.34. The molecule has 0 bridgehead atoms. The van der Waals surface area contributed by atoms with Gasteiger partial charge in [0.1, 0.15) is 0 Å². The van der Waals surface area contributed by atoms with Crippen LogP contribution in [0.4, 0.5) is 18.0 Å². The predicted octanol–water partition coefficient (Wildman–Crippen LogP) is 4.99. The van der Waals surface area contributed by atoms with Gasteiger partial charge in [0.05, 0.1) is 18.7 Å². The fourth-order valence-electron chi connectivity index (χ4n) is 3.31. The molecule has 3 N–H and O–H groups in total. The maximum atomic E-state index is 14.0. The Morgan fingerprint density at radius 1 is 1.15 bits per heavy atom. The first-order valence-electron chi connectivity index (χ1n) is 9.62. The quantitative estimate of drug-likeness (QED) is 0.488. The molecular weight excluding hydrogens is 482 g/mol. The summed E-state index contributed by atoms with van der Waals surface area (Å²) < 4.78 is 42.0. The standard InChI is InChI=1S/C22H18Cl2F3N3O3/c23-17-9-16(10-21(24,22(25,26)27)19(17)14-4-2-1-3-5-14)30-20(33)29-12-15-7-6-13(11-28-15)8-18(31)32/h1-7,9,11H,8,10,12H2,(H,31,32)(H2,29,30,33). The summed E-state index contributed by atoms with van der Waals surface area (Å²) in [6, 6.07) is 10.1. The van der Waals surface area contributed by atoms with Gasteiger partial charge in [-0.2, -0.15) is 13.2 Å². The lowest BCUT2D eigenvalue weighted by Crippen LogP contribution is -2.46. The van der Waals surface area contributed by atoms with Crippen LogP contribution in [-0.2, 0) is 17.8 Å². The van der Waals surface area contributed by atoms with Crippen molar-refractivity contribution in [3.05, 3.63) is 82.3 Å². The molecule has 3 rings (SSSR count). The number of aliphatic carboxylic acids is 1. The molecule has 0 aliphatic heterocycles. The van der Waals surface area contributed by atoms with Gasteiger partial charge in [0.25, 0.3) is 0 Å². The molecule has 1 unspecified atom stereocenters. The summed E-state index contributed by atoms with van der Waals surface area (Å²) in [5, 5.41) is 13.4. The summed E-state index contributed by atoms with van der Waals surface area (Å²) in [6.07, 6.45) is -3.15. The number of halogens is 5. The molecule has 0 fully saturated rings. The fourth-order valence-corrected chi connectivity index (χ4v) is 4.12. The zero-order valence-corrected chi connectivity index (χ0v) is 18.4. The van der Waals surface area contributed by atoms with Crippen molar-refractivity contribution in [2.75, 3.05) is 0 Å². The molecule has 2 amide bonds. The molecule has 1 aliphatic rings. The average molecular weight is 500 g/mol. The highest BCUT2D eigenvalue weighted by atomic mass is 35.5. The second-order valence-electron chi connectivity index (χ2n) is 7.27. The van der Waals surface area contributed by atoms with Crippen molar-refractivity contribution in [3.8, 4) is 0 Å². The van der Waals surface area contributed by atoms with E-state index in [1.807, 2.05) is 0 Å². The number of nitrogens with zero attached hydrogens (tertiary/aromatic N) is 1. The molecule has 6 nitrogen and oxygen atoms in total. The Balaban J connectivity index is 1.73. The second kappa shape index (κ2) is 9.84. The molecule has 0 saturated heterocycles. The molecule has 174 valence electrons. The third-order valence-corrected chi connectivity index (χ3v) is 5.66. The summed E-state index contributed by atoms with van der Waals surface area (Å²) in [5.74, 6) is -1.000. The first-order chi connectivity index (χ1) is 15.5. The molecule has 0 saturated carbocycles. The number of alkyl halides is 4. The summed E-state index contributed by atoms with van der Waals surface area (Å²) in [4.78, 5) is 24.2. The molecule has 1 heterocycles. The molecule has 1 atom stereocenters. The number of benzene rings is 1. The van der Waals surface area contributed by atoms with Gasteiger partial charge < -0.3 is 15.7 Å². The minimum atomic E-state index is -4.85. The molecule has 1 aromatic carbocycles. The number of hydrogen-bond donors (Lipinski definition) is 3. The van der Waals surface area contributed by atoms with E-state index < -0.39 is 29.5 Å². The van der Waals surface area contributed by atoms with Crippen LogP contribution in [0, 0.1) is 0 Å². The van der Waals surface area contributed by atoms with Crippen LogP contribution in [-0.4, -0.2) is 33.1 Å². The molecule has 0 spiro atoms. The average Bonchev–Trinajstić information content (AvgIpc) is 2.72. The Morgan fingerprint density at radius 2 is 1.85 bits per heavy atom. The van der Waals surface area contributed by atoms with Gasteiger partial charge in [-0.1, -0.05) is 48.0 Å². The van der Waals surface area contributed by atoms with Crippen molar-refractivity contribution in [1.82, 2.24) is 15.6 Å². The fraction of sp³-hybridized carbons (Fsp3) is 0.227. The monoisotopic (exact) mass is 499 g/mol. The Bertz CT molecular complexity index is 1100.